The molecule has 0 bridgehead atoms. The molecule has 1 N–H and O–H groups in total. The number of H-pyrrole nitrogens is 1. The van der Waals surface area contributed by atoms with Crippen molar-refractivity contribution in [1.82, 2.24) is 9.55 Å². The summed E-state index contributed by atoms with van der Waals surface area (Å²) in [5.41, 5.74) is -1.43. The van der Waals surface area contributed by atoms with Crippen molar-refractivity contribution in [3.63, 3.8) is 0 Å². The van der Waals surface area contributed by atoms with E-state index in [2.05, 4.69) is 0 Å². The summed E-state index contributed by atoms with van der Waals surface area (Å²) in [6, 6.07) is 1.69. The fraction of sp³-hybridized carbons (Fsp3) is 0.444. The van der Waals surface area contributed by atoms with Crippen molar-refractivity contribution < 1.29 is 4.21 Å². The molecule has 2 atom stereocenters. The van der Waals surface area contributed by atoms with E-state index in [1.54, 1.807) is 13.0 Å². The van der Waals surface area contributed by atoms with E-state index >= 15 is 0 Å². The molecule has 7 heteroatoms. The van der Waals surface area contributed by atoms with Crippen molar-refractivity contribution in [2.45, 2.75) is 18.7 Å². The Morgan fingerprint density at radius 3 is 2.75 bits per heavy atom. The maximum atomic E-state index is 11.4. The average Bonchev–Trinajstić information content (AvgIpc) is 2.21. The average molecular weight is 241 g/mol. The largest absolute Gasteiger partial charge is 0.328 e. The van der Waals surface area contributed by atoms with Gasteiger partial charge in [0.05, 0.1) is 0 Å². The number of nitrogens with zero attached hydrogens (tertiary/aromatic N) is 2. The van der Waals surface area contributed by atoms with Crippen molar-refractivity contribution in [3.8, 4) is 6.07 Å². The van der Waals surface area contributed by atoms with E-state index < -0.39 is 22.0 Å². The topological polar surface area (TPSA) is 95.7 Å². The summed E-state index contributed by atoms with van der Waals surface area (Å²) >= 11 is 0. The molecule has 0 aromatic carbocycles. The SMILES string of the molecule is CC(Cn1cc(C#N)c(=O)[nH]c1=O)S(C)=O. The Morgan fingerprint density at radius 2 is 2.25 bits per heavy atom. The first-order valence-electron chi connectivity index (χ1n) is 4.51. The normalized spacial score (nSPS) is 14.1. The van der Waals surface area contributed by atoms with Crippen LogP contribution >= 0.6 is 0 Å². The number of nitrogens with one attached hydrogen (secondary N) is 1. The molecule has 0 fully saturated rings. The summed E-state index contributed by atoms with van der Waals surface area (Å²) in [5, 5.41) is 8.40. The van der Waals surface area contributed by atoms with E-state index in [1.165, 1.54) is 17.0 Å². The van der Waals surface area contributed by atoms with Gasteiger partial charge in [0.1, 0.15) is 11.6 Å². The van der Waals surface area contributed by atoms with Gasteiger partial charge < -0.3 is 0 Å². The zero-order valence-electron chi connectivity index (χ0n) is 8.89. The highest BCUT2D eigenvalue weighted by Crippen LogP contribution is 1.96. The second kappa shape index (κ2) is 4.90. The zero-order valence-corrected chi connectivity index (χ0v) is 9.71. The predicted octanol–water partition coefficient (Wildman–Crippen LogP) is -0.825. The molecule has 0 saturated heterocycles. The third kappa shape index (κ3) is 2.67. The standard InChI is InChI=1S/C9H11N3O3S/c1-6(16(2)15)4-12-5-7(3-10)8(13)11-9(12)14/h5-6H,4H2,1-2H3,(H,11,13,14). The first kappa shape index (κ1) is 12.4. The molecule has 0 radical (unpaired) electrons. The van der Waals surface area contributed by atoms with E-state index in [9.17, 15) is 13.8 Å². The Kier molecular flexibility index (Phi) is 3.79. The van der Waals surface area contributed by atoms with Crippen LogP contribution in [-0.2, 0) is 17.3 Å². The molecule has 0 saturated carbocycles. The van der Waals surface area contributed by atoms with Gasteiger partial charge in [0.15, 0.2) is 0 Å². The second-order valence-electron chi connectivity index (χ2n) is 3.38. The van der Waals surface area contributed by atoms with Crippen molar-refractivity contribution >= 4 is 10.8 Å². The van der Waals surface area contributed by atoms with Crippen LogP contribution in [0.3, 0.4) is 0 Å². The second-order valence-corrected chi connectivity index (χ2v) is 5.18. The molecule has 1 aromatic rings. The summed E-state index contributed by atoms with van der Waals surface area (Å²) in [7, 11) is -1.07. The summed E-state index contributed by atoms with van der Waals surface area (Å²) in [5.74, 6) is 0. The third-order valence-electron chi connectivity index (χ3n) is 2.15. The molecule has 0 aliphatic carbocycles. The minimum absolute atomic E-state index is 0.131. The van der Waals surface area contributed by atoms with Gasteiger partial charge in [0, 0.05) is 35.0 Å². The number of rotatable bonds is 3. The van der Waals surface area contributed by atoms with E-state index in [4.69, 9.17) is 5.26 Å². The molecule has 0 spiro atoms. The van der Waals surface area contributed by atoms with Crippen molar-refractivity contribution in [2.75, 3.05) is 6.26 Å². The van der Waals surface area contributed by atoms with Gasteiger partial charge in [0.25, 0.3) is 5.56 Å². The van der Waals surface area contributed by atoms with Gasteiger partial charge in [-0.25, -0.2) is 4.79 Å². The maximum Gasteiger partial charge on any atom is 0.328 e. The molecule has 1 heterocycles. The molecule has 16 heavy (non-hydrogen) atoms. The molecule has 1 rings (SSSR count). The van der Waals surface area contributed by atoms with Crippen LogP contribution in [0.5, 0.6) is 0 Å². The van der Waals surface area contributed by atoms with Crippen molar-refractivity contribution in [3.05, 3.63) is 32.6 Å². The number of aromatic amines is 1. The van der Waals surface area contributed by atoms with Gasteiger partial charge in [-0.1, -0.05) is 0 Å². The van der Waals surface area contributed by atoms with Crippen LogP contribution < -0.4 is 11.2 Å². The van der Waals surface area contributed by atoms with Crippen LogP contribution in [0.25, 0.3) is 0 Å². The molecule has 6 nitrogen and oxygen atoms in total. The minimum Gasteiger partial charge on any atom is -0.298 e. The summed E-state index contributed by atoms with van der Waals surface area (Å²) in [4.78, 5) is 24.5. The van der Waals surface area contributed by atoms with Crippen LogP contribution in [0.15, 0.2) is 15.8 Å². The molecule has 86 valence electrons. The highest BCUT2D eigenvalue weighted by molar-refractivity contribution is 7.84. The Bertz CT molecular complexity index is 567. The van der Waals surface area contributed by atoms with Crippen LogP contribution in [0, 0.1) is 11.3 Å². The lowest BCUT2D eigenvalue weighted by Crippen LogP contribution is -2.34. The minimum atomic E-state index is -1.07. The highest BCUT2D eigenvalue weighted by Gasteiger charge is 2.10. The first-order valence-corrected chi connectivity index (χ1v) is 6.14. The number of hydrogen-bond donors (Lipinski definition) is 1. The van der Waals surface area contributed by atoms with Gasteiger partial charge >= 0.3 is 5.69 Å². The quantitative estimate of drug-likeness (QED) is 0.747. The van der Waals surface area contributed by atoms with Gasteiger partial charge in [0.2, 0.25) is 0 Å². The van der Waals surface area contributed by atoms with Crippen molar-refractivity contribution in [1.29, 1.82) is 5.26 Å². The molecule has 1 aromatic heterocycles. The lowest BCUT2D eigenvalue weighted by Gasteiger charge is -2.10. The van der Waals surface area contributed by atoms with Gasteiger partial charge in [-0.05, 0) is 6.92 Å². The van der Waals surface area contributed by atoms with E-state index in [-0.39, 0.29) is 17.4 Å². The number of aromatic nitrogens is 2. The van der Waals surface area contributed by atoms with Gasteiger partial charge in [-0.2, -0.15) is 5.26 Å². The molecular formula is C9H11N3O3S. The summed E-state index contributed by atoms with van der Waals surface area (Å²) in [6.45, 7) is 1.92. The lowest BCUT2D eigenvalue weighted by molar-refractivity contribution is 0.616. The highest BCUT2D eigenvalue weighted by atomic mass is 32.2. The van der Waals surface area contributed by atoms with Crippen LogP contribution in [-0.4, -0.2) is 25.3 Å². The fourth-order valence-corrected chi connectivity index (χ4v) is 1.48. The Labute approximate surface area is 94.0 Å². The predicted molar refractivity (Wildman–Crippen MR) is 59.6 cm³/mol. The van der Waals surface area contributed by atoms with Crippen molar-refractivity contribution in [2.24, 2.45) is 0 Å². The third-order valence-corrected chi connectivity index (χ3v) is 3.43. The Morgan fingerprint density at radius 1 is 1.62 bits per heavy atom. The van der Waals surface area contributed by atoms with Gasteiger partial charge in [-0.15, -0.1) is 0 Å². The zero-order chi connectivity index (χ0) is 12.3. The number of nitriles is 1. The summed E-state index contributed by atoms with van der Waals surface area (Å²) < 4.78 is 12.3. The first-order chi connectivity index (χ1) is 7.45. The molecular weight excluding hydrogens is 230 g/mol. The van der Waals surface area contributed by atoms with Crippen LogP contribution in [0.4, 0.5) is 0 Å². The monoisotopic (exact) mass is 241 g/mol. The van der Waals surface area contributed by atoms with Crippen LogP contribution in [0.1, 0.15) is 12.5 Å². The van der Waals surface area contributed by atoms with Crippen LogP contribution in [0.2, 0.25) is 0 Å². The van der Waals surface area contributed by atoms with E-state index in [1.807, 2.05) is 4.98 Å². The number of hydrogen-bond acceptors (Lipinski definition) is 4. The molecule has 0 amide bonds. The molecule has 0 aliphatic rings. The van der Waals surface area contributed by atoms with E-state index in [0.29, 0.717) is 0 Å². The summed E-state index contributed by atoms with van der Waals surface area (Å²) in [6.07, 6.45) is 2.72. The Balaban J connectivity index is 3.16. The Hall–Kier alpha value is -1.68. The molecule has 0 aliphatic heterocycles. The smallest absolute Gasteiger partial charge is 0.298 e. The fourth-order valence-electron chi connectivity index (χ4n) is 1.11. The lowest BCUT2D eigenvalue weighted by atomic mass is 10.3. The maximum absolute atomic E-state index is 11.4. The van der Waals surface area contributed by atoms with E-state index in [0.717, 1.165) is 0 Å². The van der Waals surface area contributed by atoms with Gasteiger partial charge in [-0.3, -0.25) is 18.6 Å². The molecule has 2 unspecified atom stereocenters.